The Kier molecular flexibility index (Phi) is 7.23. The maximum atomic E-state index is 12.8. The fourth-order valence-electron chi connectivity index (χ4n) is 3.89. The number of aryl methyl sites for hydroxylation is 1. The molecular formula is C27H29NO7. The molecule has 2 heterocycles. The molecule has 0 bridgehead atoms. The molecule has 1 aliphatic heterocycles. The minimum absolute atomic E-state index is 0.00762. The SMILES string of the molecule is CC(C)=CCc1cc(C(=O)Nc2cc3ccc(O[C@H]4C[C@@H](O)CCO4)c(C)c3oc2=O)ccc1O. The van der Waals surface area contributed by atoms with Crippen LogP contribution >= 0.6 is 0 Å². The van der Waals surface area contributed by atoms with Crippen LogP contribution in [0.1, 0.15) is 48.2 Å². The first-order valence-electron chi connectivity index (χ1n) is 11.5. The number of hydrogen-bond donors (Lipinski definition) is 3. The highest BCUT2D eigenvalue weighted by Crippen LogP contribution is 2.30. The summed E-state index contributed by atoms with van der Waals surface area (Å²) in [6, 6.07) is 9.59. The molecule has 0 saturated carbocycles. The molecule has 0 unspecified atom stereocenters. The van der Waals surface area contributed by atoms with Crippen LogP contribution in [0, 0.1) is 6.92 Å². The van der Waals surface area contributed by atoms with E-state index in [1.165, 1.54) is 12.1 Å². The lowest BCUT2D eigenvalue weighted by Gasteiger charge is -2.27. The van der Waals surface area contributed by atoms with Gasteiger partial charge in [-0.25, -0.2) is 4.79 Å². The van der Waals surface area contributed by atoms with Gasteiger partial charge in [-0.1, -0.05) is 11.6 Å². The molecule has 1 fully saturated rings. The monoisotopic (exact) mass is 479 g/mol. The Morgan fingerprint density at radius 2 is 2.03 bits per heavy atom. The Labute approximate surface area is 202 Å². The van der Waals surface area contributed by atoms with Gasteiger partial charge in [0.2, 0.25) is 6.29 Å². The number of phenolic OH excluding ortho intramolecular Hbond substituents is 1. The number of rotatable bonds is 6. The summed E-state index contributed by atoms with van der Waals surface area (Å²) >= 11 is 0. The van der Waals surface area contributed by atoms with Crippen molar-refractivity contribution in [2.45, 2.75) is 52.4 Å². The van der Waals surface area contributed by atoms with Crippen molar-refractivity contribution in [1.82, 2.24) is 0 Å². The molecule has 1 aliphatic rings. The molecule has 1 aromatic heterocycles. The van der Waals surface area contributed by atoms with Crippen LogP contribution in [0.3, 0.4) is 0 Å². The number of aliphatic hydroxyl groups is 1. The van der Waals surface area contributed by atoms with E-state index in [9.17, 15) is 19.8 Å². The Morgan fingerprint density at radius 3 is 2.77 bits per heavy atom. The lowest BCUT2D eigenvalue weighted by atomic mass is 10.0. The lowest BCUT2D eigenvalue weighted by Crippen LogP contribution is -2.33. The van der Waals surface area contributed by atoms with Gasteiger partial charge in [-0.15, -0.1) is 0 Å². The van der Waals surface area contributed by atoms with Crippen LogP contribution in [0.25, 0.3) is 11.0 Å². The van der Waals surface area contributed by atoms with E-state index in [0.29, 0.717) is 59.3 Å². The number of aliphatic hydroxyl groups excluding tert-OH is 1. The molecule has 35 heavy (non-hydrogen) atoms. The minimum atomic E-state index is -0.695. The van der Waals surface area contributed by atoms with Gasteiger partial charge in [0.1, 0.15) is 22.8 Å². The molecule has 3 aromatic rings. The third-order valence-corrected chi connectivity index (χ3v) is 5.90. The molecule has 0 radical (unpaired) electrons. The first-order valence-corrected chi connectivity index (χ1v) is 11.5. The van der Waals surface area contributed by atoms with Crippen LogP contribution in [0.4, 0.5) is 5.69 Å². The van der Waals surface area contributed by atoms with Crippen LogP contribution in [0.5, 0.6) is 11.5 Å². The zero-order valence-electron chi connectivity index (χ0n) is 20.0. The van der Waals surface area contributed by atoms with Crippen LogP contribution in [0.15, 0.2) is 57.3 Å². The van der Waals surface area contributed by atoms with E-state index in [0.717, 1.165) is 5.57 Å². The molecule has 2 aromatic carbocycles. The van der Waals surface area contributed by atoms with Crippen molar-refractivity contribution in [2.75, 3.05) is 11.9 Å². The van der Waals surface area contributed by atoms with Crippen LogP contribution in [0.2, 0.25) is 0 Å². The molecule has 184 valence electrons. The van der Waals surface area contributed by atoms with Crippen molar-refractivity contribution >= 4 is 22.6 Å². The van der Waals surface area contributed by atoms with Crippen molar-refractivity contribution in [3.63, 3.8) is 0 Å². The van der Waals surface area contributed by atoms with E-state index in [1.54, 1.807) is 31.2 Å². The van der Waals surface area contributed by atoms with Gasteiger partial charge >= 0.3 is 5.63 Å². The molecule has 2 atom stereocenters. The predicted molar refractivity (Wildman–Crippen MR) is 132 cm³/mol. The Hall–Kier alpha value is -3.62. The first kappa shape index (κ1) is 24.5. The van der Waals surface area contributed by atoms with Gasteiger partial charge in [0.15, 0.2) is 0 Å². The van der Waals surface area contributed by atoms with Crippen molar-refractivity contribution in [2.24, 2.45) is 0 Å². The van der Waals surface area contributed by atoms with Gasteiger partial charge in [-0.05, 0) is 75.6 Å². The van der Waals surface area contributed by atoms with E-state index in [-0.39, 0.29) is 11.4 Å². The maximum absolute atomic E-state index is 12.8. The average molecular weight is 480 g/mol. The highest BCUT2D eigenvalue weighted by molar-refractivity contribution is 6.05. The lowest BCUT2D eigenvalue weighted by molar-refractivity contribution is -0.137. The van der Waals surface area contributed by atoms with E-state index in [4.69, 9.17) is 13.9 Å². The number of phenols is 1. The fraction of sp³-hybridized carbons (Fsp3) is 0.333. The fourth-order valence-corrected chi connectivity index (χ4v) is 3.89. The highest BCUT2D eigenvalue weighted by Gasteiger charge is 2.23. The van der Waals surface area contributed by atoms with Gasteiger partial charge in [0.05, 0.1) is 12.7 Å². The second-order valence-corrected chi connectivity index (χ2v) is 8.93. The molecular weight excluding hydrogens is 450 g/mol. The normalized spacial score (nSPS) is 17.7. The van der Waals surface area contributed by atoms with Crippen LogP contribution in [-0.4, -0.2) is 35.1 Å². The highest BCUT2D eigenvalue weighted by atomic mass is 16.7. The number of ether oxygens (including phenoxy) is 2. The third kappa shape index (κ3) is 5.72. The van der Waals surface area contributed by atoms with Crippen molar-refractivity contribution in [1.29, 1.82) is 0 Å². The molecule has 1 saturated heterocycles. The second-order valence-electron chi connectivity index (χ2n) is 8.93. The maximum Gasteiger partial charge on any atom is 0.360 e. The topological polar surface area (TPSA) is 118 Å². The Balaban J connectivity index is 1.56. The number of benzene rings is 2. The van der Waals surface area contributed by atoms with Gasteiger partial charge in [0.25, 0.3) is 5.91 Å². The molecule has 1 amide bonds. The summed E-state index contributed by atoms with van der Waals surface area (Å²) in [6.45, 7) is 6.09. The molecule has 3 N–H and O–H groups in total. The number of anilines is 1. The number of aromatic hydroxyl groups is 1. The number of fused-ring (bicyclic) bond motifs is 1. The zero-order chi connectivity index (χ0) is 25.1. The van der Waals surface area contributed by atoms with Crippen LogP contribution in [-0.2, 0) is 11.2 Å². The second kappa shape index (κ2) is 10.3. The number of amides is 1. The smallest absolute Gasteiger partial charge is 0.360 e. The molecule has 0 aliphatic carbocycles. The van der Waals surface area contributed by atoms with Crippen molar-refractivity contribution in [3.8, 4) is 11.5 Å². The largest absolute Gasteiger partial charge is 0.508 e. The summed E-state index contributed by atoms with van der Waals surface area (Å²) in [5.41, 5.74) is 2.29. The number of carbonyl (C=O) groups is 1. The van der Waals surface area contributed by atoms with Gasteiger partial charge in [-0.2, -0.15) is 0 Å². The standard InChI is InChI=1S/C27H29NO7/c1-15(2)4-5-17-12-19(6-8-22(17)30)26(31)28-21-13-18-7-9-23(16(3)25(18)35-27(21)32)34-24-14-20(29)10-11-33-24/h4,6-9,12-13,20,24,29-30H,5,10-11,14H2,1-3H3,(H,28,31)/t20-,24-/m0/s1. The first-order chi connectivity index (χ1) is 16.7. The summed E-state index contributed by atoms with van der Waals surface area (Å²) < 4.78 is 17.0. The summed E-state index contributed by atoms with van der Waals surface area (Å²) in [5, 5.41) is 23.1. The predicted octanol–water partition coefficient (Wildman–Crippen LogP) is 4.44. The summed E-state index contributed by atoms with van der Waals surface area (Å²) in [5.74, 6) is 0.107. The molecule has 8 heteroatoms. The summed E-state index contributed by atoms with van der Waals surface area (Å²) in [7, 11) is 0. The number of allylic oxidation sites excluding steroid dienone is 2. The van der Waals surface area contributed by atoms with E-state index in [2.05, 4.69) is 5.32 Å². The zero-order valence-corrected chi connectivity index (χ0v) is 20.0. The van der Waals surface area contributed by atoms with Crippen molar-refractivity contribution < 1.29 is 28.9 Å². The van der Waals surface area contributed by atoms with Gasteiger partial charge in [0, 0.05) is 22.9 Å². The Morgan fingerprint density at radius 1 is 1.23 bits per heavy atom. The van der Waals surface area contributed by atoms with Crippen LogP contribution < -0.4 is 15.7 Å². The number of nitrogens with one attached hydrogen (secondary N) is 1. The average Bonchev–Trinajstić information content (AvgIpc) is 2.81. The minimum Gasteiger partial charge on any atom is -0.508 e. The van der Waals surface area contributed by atoms with Gasteiger partial charge in [-0.3, -0.25) is 4.79 Å². The number of carbonyl (C=O) groups excluding carboxylic acids is 1. The number of hydrogen-bond acceptors (Lipinski definition) is 7. The summed E-state index contributed by atoms with van der Waals surface area (Å²) in [4.78, 5) is 25.5. The van der Waals surface area contributed by atoms with E-state index in [1.807, 2.05) is 19.9 Å². The van der Waals surface area contributed by atoms with Gasteiger partial charge < -0.3 is 29.4 Å². The summed E-state index contributed by atoms with van der Waals surface area (Å²) in [6.07, 6.45) is 2.32. The van der Waals surface area contributed by atoms with Crippen molar-refractivity contribution in [3.05, 3.63) is 75.2 Å². The van der Waals surface area contributed by atoms with E-state index < -0.39 is 23.9 Å². The van der Waals surface area contributed by atoms with E-state index >= 15 is 0 Å². The molecule has 0 spiro atoms. The third-order valence-electron chi connectivity index (χ3n) is 5.90. The molecule has 8 nitrogen and oxygen atoms in total. The molecule has 4 rings (SSSR count). The quantitative estimate of drug-likeness (QED) is 0.353. The Bertz CT molecular complexity index is 1340.